The van der Waals surface area contributed by atoms with Crippen molar-refractivity contribution >= 4 is 12.4 Å². The van der Waals surface area contributed by atoms with Crippen molar-refractivity contribution in [2.75, 3.05) is 13.2 Å². The Hall–Kier alpha value is 0.210. The Morgan fingerprint density at radius 1 is 1.00 bits per heavy atom. The van der Waals surface area contributed by atoms with E-state index in [2.05, 4.69) is 5.32 Å². The molecule has 4 fully saturated rings. The van der Waals surface area contributed by atoms with Crippen LogP contribution >= 0.6 is 12.4 Å². The van der Waals surface area contributed by atoms with Crippen molar-refractivity contribution in [3.63, 3.8) is 0 Å². The minimum atomic E-state index is 0. The molecule has 88 valence electrons. The molecule has 4 bridgehead atoms. The first kappa shape index (κ1) is 11.7. The standard InChI is InChI=1S/C12H21NO.ClH/c14-2-1-13-12-6-9-3-10(7-12)5-11(4-9)8-12;/h9-11,13-14H,1-8H2;1H. The SMILES string of the molecule is Cl.OCCNC12CC3CC(CC(C3)C1)C2. The number of rotatable bonds is 3. The zero-order valence-electron chi connectivity index (χ0n) is 9.24. The fraction of sp³-hybridized carbons (Fsp3) is 1.00. The summed E-state index contributed by atoms with van der Waals surface area (Å²) in [7, 11) is 0. The summed E-state index contributed by atoms with van der Waals surface area (Å²) in [4.78, 5) is 0. The first-order valence-electron chi connectivity index (χ1n) is 6.15. The third-order valence-corrected chi connectivity index (χ3v) is 4.65. The summed E-state index contributed by atoms with van der Waals surface area (Å²) in [5, 5.41) is 12.5. The van der Waals surface area contributed by atoms with Gasteiger partial charge in [-0.05, 0) is 56.3 Å². The van der Waals surface area contributed by atoms with Gasteiger partial charge in [-0.25, -0.2) is 0 Å². The number of hydrogen-bond acceptors (Lipinski definition) is 2. The van der Waals surface area contributed by atoms with Gasteiger partial charge in [0.1, 0.15) is 0 Å². The predicted molar refractivity (Wildman–Crippen MR) is 63.2 cm³/mol. The van der Waals surface area contributed by atoms with Crippen molar-refractivity contribution in [2.24, 2.45) is 17.8 Å². The molecule has 15 heavy (non-hydrogen) atoms. The highest BCUT2D eigenvalue weighted by Gasteiger charge is 2.50. The first-order chi connectivity index (χ1) is 6.80. The van der Waals surface area contributed by atoms with E-state index in [4.69, 9.17) is 5.11 Å². The summed E-state index contributed by atoms with van der Waals surface area (Å²) in [6.45, 7) is 1.09. The number of aliphatic hydroxyl groups excluding tert-OH is 1. The Morgan fingerprint density at radius 2 is 1.47 bits per heavy atom. The minimum absolute atomic E-state index is 0. The van der Waals surface area contributed by atoms with Crippen LogP contribution in [0.3, 0.4) is 0 Å². The molecule has 0 unspecified atom stereocenters. The van der Waals surface area contributed by atoms with Crippen LogP contribution in [0.1, 0.15) is 38.5 Å². The molecule has 0 atom stereocenters. The molecule has 0 saturated heterocycles. The van der Waals surface area contributed by atoms with Gasteiger partial charge in [-0.3, -0.25) is 0 Å². The van der Waals surface area contributed by atoms with E-state index in [0.29, 0.717) is 12.1 Å². The van der Waals surface area contributed by atoms with Crippen molar-refractivity contribution in [1.82, 2.24) is 5.32 Å². The monoisotopic (exact) mass is 231 g/mol. The molecule has 0 amide bonds. The van der Waals surface area contributed by atoms with E-state index in [9.17, 15) is 0 Å². The van der Waals surface area contributed by atoms with E-state index in [1.165, 1.54) is 38.5 Å². The molecule has 0 radical (unpaired) electrons. The Balaban J connectivity index is 0.000000853. The third kappa shape index (κ3) is 2.04. The average molecular weight is 232 g/mol. The maximum Gasteiger partial charge on any atom is 0.0556 e. The van der Waals surface area contributed by atoms with Gasteiger partial charge in [-0.2, -0.15) is 0 Å². The average Bonchev–Trinajstić information content (AvgIpc) is 2.12. The van der Waals surface area contributed by atoms with Crippen LogP contribution in [0.25, 0.3) is 0 Å². The van der Waals surface area contributed by atoms with Gasteiger partial charge in [0.15, 0.2) is 0 Å². The second kappa shape index (κ2) is 4.23. The number of halogens is 1. The van der Waals surface area contributed by atoms with E-state index in [0.717, 1.165) is 24.3 Å². The quantitative estimate of drug-likeness (QED) is 0.779. The molecule has 0 spiro atoms. The largest absolute Gasteiger partial charge is 0.395 e. The Kier molecular flexibility index (Phi) is 3.30. The van der Waals surface area contributed by atoms with Crippen LogP contribution in [0, 0.1) is 17.8 Å². The second-order valence-corrected chi connectivity index (χ2v) is 5.85. The number of hydrogen-bond donors (Lipinski definition) is 2. The van der Waals surface area contributed by atoms with Gasteiger partial charge in [0.05, 0.1) is 6.61 Å². The van der Waals surface area contributed by atoms with Gasteiger partial charge in [0.2, 0.25) is 0 Å². The summed E-state index contributed by atoms with van der Waals surface area (Å²) in [5.74, 6) is 3.02. The lowest BCUT2D eigenvalue weighted by atomic mass is 9.53. The summed E-state index contributed by atoms with van der Waals surface area (Å²) in [5.41, 5.74) is 0.442. The van der Waals surface area contributed by atoms with Crippen LogP contribution < -0.4 is 5.32 Å². The van der Waals surface area contributed by atoms with Crippen molar-refractivity contribution in [3.05, 3.63) is 0 Å². The van der Waals surface area contributed by atoms with E-state index >= 15 is 0 Å². The topological polar surface area (TPSA) is 32.3 Å². The minimum Gasteiger partial charge on any atom is -0.395 e. The van der Waals surface area contributed by atoms with Crippen LogP contribution in [0.15, 0.2) is 0 Å². The smallest absolute Gasteiger partial charge is 0.0556 e. The highest BCUT2D eigenvalue weighted by Crippen LogP contribution is 2.55. The Labute approximate surface area is 98.2 Å². The zero-order chi connectivity index (χ0) is 9.60. The molecule has 3 heteroatoms. The molecule has 4 aliphatic carbocycles. The van der Waals surface area contributed by atoms with E-state index < -0.39 is 0 Å². The molecule has 0 aromatic rings. The lowest BCUT2D eigenvalue weighted by Crippen LogP contribution is -2.58. The lowest BCUT2D eigenvalue weighted by Gasteiger charge is -2.57. The van der Waals surface area contributed by atoms with Crippen LogP contribution in [-0.2, 0) is 0 Å². The van der Waals surface area contributed by atoms with Gasteiger partial charge >= 0.3 is 0 Å². The molecule has 4 rings (SSSR count). The Morgan fingerprint density at radius 3 is 1.87 bits per heavy atom. The molecule has 4 aliphatic rings. The second-order valence-electron chi connectivity index (χ2n) is 5.85. The summed E-state index contributed by atoms with van der Waals surface area (Å²) < 4.78 is 0. The summed E-state index contributed by atoms with van der Waals surface area (Å²) in [6.07, 6.45) is 8.66. The molecule has 2 N–H and O–H groups in total. The van der Waals surface area contributed by atoms with Crippen LogP contribution in [0.5, 0.6) is 0 Å². The number of nitrogens with one attached hydrogen (secondary N) is 1. The maximum atomic E-state index is 8.91. The molecule has 2 nitrogen and oxygen atoms in total. The normalized spacial score (nSPS) is 46.6. The highest BCUT2D eigenvalue weighted by atomic mass is 35.5. The van der Waals surface area contributed by atoms with E-state index in [-0.39, 0.29) is 12.4 Å². The van der Waals surface area contributed by atoms with Crippen LogP contribution in [0.2, 0.25) is 0 Å². The third-order valence-electron chi connectivity index (χ3n) is 4.65. The fourth-order valence-corrected chi connectivity index (χ4v) is 4.65. The Bertz CT molecular complexity index is 196. The van der Waals surface area contributed by atoms with Gasteiger partial charge in [-0.1, -0.05) is 0 Å². The summed E-state index contributed by atoms with van der Waals surface area (Å²) >= 11 is 0. The van der Waals surface area contributed by atoms with Crippen LogP contribution in [0.4, 0.5) is 0 Å². The van der Waals surface area contributed by atoms with Gasteiger partial charge in [0.25, 0.3) is 0 Å². The predicted octanol–water partition coefficient (Wildman–Crippen LogP) is 1.96. The van der Waals surface area contributed by atoms with E-state index in [1.807, 2.05) is 0 Å². The van der Waals surface area contributed by atoms with Gasteiger partial charge < -0.3 is 10.4 Å². The number of aliphatic hydroxyl groups is 1. The van der Waals surface area contributed by atoms with Crippen molar-refractivity contribution in [3.8, 4) is 0 Å². The zero-order valence-corrected chi connectivity index (χ0v) is 10.1. The molecule has 0 aromatic heterocycles. The molecule has 0 aliphatic heterocycles. The molecule has 0 aromatic carbocycles. The van der Waals surface area contributed by atoms with Gasteiger partial charge in [0, 0.05) is 12.1 Å². The van der Waals surface area contributed by atoms with Gasteiger partial charge in [-0.15, -0.1) is 12.4 Å². The van der Waals surface area contributed by atoms with Crippen molar-refractivity contribution in [2.45, 2.75) is 44.1 Å². The molecule has 4 saturated carbocycles. The van der Waals surface area contributed by atoms with Crippen molar-refractivity contribution < 1.29 is 5.11 Å². The van der Waals surface area contributed by atoms with Crippen molar-refractivity contribution in [1.29, 1.82) is 0 Å². The van der Waals surface area contributed by atoms with E-state index in [1.54, 1.807) is 0 Å². The number of β-amino-alcohol motifs (C(OH)–C–C–N with tert-alkyl or cyclic N) is 1. The summed E-state index contributed by atoms with van der Waals surface area (Å²) in [6, 6.07) is 0. The molecule has 0 heterocycles. The van der Waals surface area contributed by atoms with Crippen LogP contribution in [-0.4, -0.2) is 23.8 Å². The highest BCUT2D eigenvalue weighted by molar-refractivity contribution is 5.85. The first-order valence-corrected chi connectivity index (χ1v) is 6.15. The molecular formula is C12H22ClNO. The fourth-order valence-electron chi connectivity index (χ4n) is 4.65. The lowest BCUT2D eigenvalue weighted by molar-refractivity contribution is -0.0210. The maximum absolute atomic E-state index is 8.91. The molecular weight excluding hydrogens is 210 g/mol.